The molecule has 0 N–H and O–H groups in total. The van der Waals surface area contributed by atoms with Crippen LogP contribution >= 0.6 is 34.8 Å². The predicted molar refractivity (Wildman–Crippen MR) is 75.6 cm³/mol. The summed E-state index contributed by atoms with van der Waals surface area (Å²) in [5.41, 5.74) is 1.46. The van der Waals surface area contributed by atoms with Crippen molar-refractivity contribution in [3.05, 3.63) is 36.2 Å². The van der Waals surface area contributed by atoms with Crippen LogP contribution in [0, 0.1) is 0 Å². The Morgan fingerprint density at radius 2 is 2.05 bits per heavy atom. The van der Waals surface area contributed by atoms with E-state index in [0.29, 0.717) is 11.3 Å². The molecule has 0 aliphatic carbocycles. The van der Waals surface area contributed by atoms with E-state index in [2.05, 4.69) is 16.8 Å². The molecule has 0 fully saturated rings. The second kappa shape index (κ2) is 5.41. The molecule has 0 unspecified atom stereocenters. The number of ether oxygens (including phenoxy) is 1. The predicted octanol–water partition coefficient (Wildman–Crippen LogP) is 4.21. The monoisotopic (exact) mass is 318 g/mol. The van der Waals surface area contributed by atoms with Gasteiger partial charge in [0.2, 0.25) is 5.89 Å². The quantitative estimate of drug-likeness (QED) is 0.795. The molecule has 1 heterocycles. The first-order chi connectivity index (χ1) is 8.95. The maximum atomic E-state index is 5.68. The number of rotatable bonds is 3. The fourth-order valence-corrected chi connectivity index (χ4v) is 1.70. The molecule has 0 saturated carbocycles. The van der Waals surface area contributed by atoms with Gasteiger partial charge in [0.25, 0.3) is 9.68 Å². The molecule has 1 aromatic heterocycles. The van der Waals surface area contributed by atoms with Crippen LogP contribution in [0.15, 0.2) is 29.2 Å². The molecule has 2 rings (SSSR count). The number of nitrogens with zero attached hydrogens (tertiary/aromatic N) is 2. The van der Waals surface area contributed by atoms with Gasteiger partial charge in [0.1, 0.15) is 5.75 Å². The van der Waals surface area contributed by atoms with E-state index >= 15 is 0 Å². The van der Waals surface area contributed by atoms with E-state index in [1.807, 2.05) is 6.07 Å². The molecule has 0 bridgehead atoms. The summed E-state index contributed by atoms with van der Waals surface area (Å²) in [6, 6.07) is 5.36. The number of methoxy groups -OCH3 is 1. The van der Waals surface area contributed by atoms with Gasteiger partial charge < -0.3 is 9.15 Å². The minimum atomic E-state index is -1.75. The van der Waals surface area contributed by atoms with E-state index in [1.54, 1.807) is 25.3 Å². The number of hydrogen-bond acceptors (Lipinski definition) is 4. The molecular formula is C12H9Cl3N2O2. The number of alkyl halides is 3. The average molecular weight is 320 g/mol. The molecule has 0 saturated heterocycles. The van der Waals surface area contributed by atoms with Crippen molar-refractivity contribution in [2.75, 3.05) is 7.11 Å². The lowest BCUT2D eigenvalue weighted by Gasteiger charge is -2.06. The van der Waals surface area contributed by atoms with E-state index < -0.39 is 3.79 Å². The van der Waals surface area contributed by atoms with E-state index in [1.165, 1.54) is 0 Å². The summed E-state index contributed by atoms with van der Waals surface area (Å²) < 4.78 is 8.75. The minimum Gasteiger partial charge on any atom is -0.497 e. The molecule has 100 valence electrons. The Morgan fingerprint density at radius 3 is 2.58 bits per heavy atom. The van der Waals surface area contributed by atoms with Gasteiger partial charge in [-0.05, 0) is 17.7 Å². The smallest absolute Gasteiger partial charge is 0.268 e. The number of benzene rings is 1. The molecule has 0 amide bonds. The highest BCUT2D eigenvalue weighted by molar-refractivity contribution is 6.66. The fourth-order valence-electron chi connectivity index (χ4n) is 1.47. The van der Waals surface area contributed by atoms with Gasteiger partial charge in [-0.2, -0.15) is 0 Å². The molecule has 0 spiro atoms. The number of halogens is 3. The van der Waals surface area contributed by atoms with Gasteiger partial charge in [-0.15, -0.1) is 10.2 Å². The topological polar surface area (TPSA) is 48.2 Å². The Morgan fingerprint density at radius 1 is 1.32 bits per heavy atom. The molecular weight excluding hydrogens is 311 g/mol. The highest BCUT2D eigenvalue weighted by atomic mass is 35.6. The van der Waals surface area contributed by atoms with Crippen LogP contribution in [0.2, 0.25) is 0 Å². The van der Waals surface area contributed by atoms with E-state index in [4.69, 9.17) is 44.0 Å². The highest BCUT2D eigenvalue weighted by Crippen LogP contribution is 2.38. The SMILES string of the molecule is C=Cc1ccc(OC)cc1-c1nnc(C(Cl)(Cl)Cl)o1. The van der Waals surface area contributed by atoms with E-state index in [0.717, 1.165) is 5.56 Å². The second-order valence-corrected chi connectivity index (χ2v) is 5.85. The maximum absolute atomic E-state index is 5.68. The summed E-state index contributed by atoms with van der Waals surface area (Å²) in [6.45, 7) is 3.72. The van der Waals surface area contributed by atoms with E-state index in [9.17, 15) is 0 Å². The number of hydrogen-bond donors (Lipinski definition) is 0. The van der Waals surface area contributed by atoms with Crippen LogP contribution in [0.3, 0.4) is 0 Å². The zero-order chi connectivity index (χ0) is 14.0. The van der Waals surface area contributed by atoms with Crippen LogP contribution in [0.5, 0.6) is 5.75 Å². The first kappa shape index (κ1) is 14.2. The van der Waals surface area contributed by atoms with Crippen molar-refractivity contribution in [1.29, 1.82) is 0 Å². The Labute approximate surface area is 124 Å². The van der Waals surface area contributed by atoms with Crippen LogP contribution in [0.25, 0.3) is 17.5 Å². The van der Waals surface area contributed by atoms with Crippen molar-refractivity contribution < 1.29 is 9.15 Å². The van der Waals surface area contributed by atoms with Crippen molar-refractivity contribution in [3.8, 4) is 17.2 Å². The molecule has 4 nitrogen and oxygen atoms in total. The Kier molecular flexibility index (Phi) is 4.04. The molecule has 0 atom stereocenters. The lowest BCUT2D eigenvalue weighted by molar-refractivity contribution is 0.414. The molecule has 1 aromatic carbocycles. The molecule has 19 heavy (non-hydrogen) atoms. The van der Waals surface area contributed by atoms with Crippen molar-refractivity contribution in [3.63, 3.8) is 0 Å². The summed E-state index contributed by atoms with van der Waals surface area (Å²) in [6.07, 6.45) is 1.66. The molecule has 0 aliphatic heterocycles. The highest BCUT2D eigenvalue weighted by Gasteiger charge is 2.30. The zero-order valence-corrected chi connectivity index (χ0v) is 12.1. The van der Waals surface area contributed by atoms with Crippen LogP contribution in [0.1, 0.15) is 11.5 Å². The van der Waals surface area contributed by atoms with Crippen molar-refractivity contribution in [2.45, 2.75) is 3.79 Å². The largest absolute Gasteiger partial charge is 0.497 e. The molecule has 2 aromatic rings. The summed E-state index contributed by atoms with van der Waals surface area (Å²) in [5.74, 6) is 0.787. The fraction of sp³-hybridized carbons (Fsp3) is 0.167. The third-order valence-electron chi connectivity index (χ3n) is 2.38. The first-order valence-corrected chi connectivity index (χ1v) is 6.30. The Balaban J connectivity index is 2.51. The summed E-state index contributed by atoms with van der Waals surface area (Å²) in [5, 5.41) is 7.57. The molecule has 7 heteroatoms. The number of aromatic nitrogens is 2. The third kappa shape index (κ3) is 3.03. The normalized spacial score (nSPS) is 11.4. The molecule has 0 aliphatic rings. The van der Waals surface area contributed by atoms with Crippen LogP contribution < -0.4 is 4.74 Å². The minimum absolute atomic E-state index is 0.0923. The van der Waals surface area contributed by atoms with Gasteiger partial charge in [0.05, 0.1) is 7.11 Å². The van der Waals surface area contributed by atoms with Gasteiger partial charge in [0, 0.05) is 5.56 Å². The van der Waals surface area contributed by atoms with Crippen LogP contribution in [-0.4, -0.2) is 17.3 Å². The van der Waals surface area contributed by atoms with Gasteiger partial charge in [-0.25, -0.2) is 0 Å². The maximum Gasteiger partial charge on any atom is 0.268 e. The lowest BCUT2D eigenvalue weighted by Crippen LogP contribution is -1.99. The van der Waals surface area contributed by atoms with Crippen LogP contribution in [0.4, 0.5) is 0 Å². The van der Waals surface area contributed by atoms with Gasteiger partial charge in [0.15, 0.2) is 0 Å². The summed E-state index contributed by atoms with van der Waals surface area (Å²) in [7, 11) is 1.56. The van der Waals surface area contributed by atoms with Crippen LogP contribution in [-0.2, 0) is 3.79 Å². The van der Waals surface area contributed by atoms with Gasteiger partial charge in [-0.1, -0.05) is 53.5 Å². The average Bonchev–Trinajstić information content (AvgIpc) is 2.87. The Hall–Kier alpha value is -1.23. The van der Waals surface area contributed by atoms with Gasteiger partial charge in [-0.3, -0.25) is 0 Å². The van der Waals surface area contributed by atoms with Crippen molar-refractivity contribution in [1.82, 2.24) is 10.2 Å². The second-order valence-electron chi connectivity index (χ2n) is 3.57. The standard InChI is InChI=1S/C12H9Cl3N2O2/c1-3-7-4-5-8(18-2)6-9(7)10-16-17-11(19-10)12(13,14)15/h3-6H,1H2,2H3. The van der Waals surface area contributed by atoms with Crippen molar-refractivity contribution in [2.24, 2.45) is 0 Å². The summed E-state index contributed by atoms with van der Waals surface area (Å²) >= 11 is 17.0. The van der Waals surface area contributed by atoms with Gasteiger partial charge >= 0.3 is 0 Å². The van der Waals surface area contributed by atoms with Crippen molar-refractivity contribution >= 4 is 40.9 Å². The third-order valence-corrected chi connectivity index (χ3v) is 2.86. The first-order valence-electron chi connectivity index (χ1n) is 5.17. The summed E-state index contributed by atoms with van der Waals surface area (Å²) in [4.78, 5) is 0. The zero-order valence-electron chi connectivity index (χ0n) is 9.86. The Bertz CT molecular complexity index is 605. The molecule has 0 radical (unpaired) electrons. The lowest BCUT2D eigenvalue weighted by atomic mass is 10.1. The van der Waals surface area contributed by atoms with E-state index in [-0.39, 0.29) is 11.8 Å².